The fourth-order valence-electron chi connectivity index (χ4n) is 2.58. The van der Waals surface area contributed by atoms with Crippen LogP contribution >= 0.6 is 12.2 Å². The molecule has 19 heavy (non-hydrogen) atoms. The fraction of sp³-hybridized carbons (Fsp3) is 0.500. The zero-order valence-electron chi connectivity index (χ0n) is 11.3. The van der Waals surface area contributed by atoms with Crippen molar-refractivity contribution in [1.29, 1.82) is 0 Å². The van der Waals surface area contributed by atoms with Gasteiger partial charge in [0, 0.05) is 17.6 Å². The maximum Gasteiger partial charge on any atom is 0.135 e. The van der Waals surface area contributed by atoms with Gasteiger partial charge < -0.3 is 11.2 Å². The van der Waals surface area contributed by atoms with Crippen LogP contribution in [0.4, 0.5) is 10.1 Å². The average molecular weight is 281 g/mol. The largest absolute Gasteiger partial charge is 0.389 e. The summed E-state index contributed by atoms with van der Waals surface area (Å²) in [7, 11) is 0. The number of halogens is 1. The number of thiocarbonyl (C=S) groups is 1. The summed E-state index contributed by atoms with van der Waals surface area (Å²) in [5, 5.41) is 2.19. The zero-order valence-corrected chi connectivity index (χ0v) is 12.1. The Hall–Kier alpha value is -1.20. The van der Waals surface area contributed by atoms with E-state index < -0.39 is 0 Å². The molecule has 0 aliphatic carbocycles. The summed E-state index contributed by atoms with van der Waals surface area (Å²) in [6.45, 7) is 4.37. The van der Waals surface area contributed by atoms with Crippen molar-refractivity contribution in [3.8, 4) is 0 Å². The second kappa shape index (κ2) is 5.84. The second-order valence-electron chi connectivity index (χ2n) is 5.21. The van der Waals surface area contributed by atoms with Gasteiger partial charge in [0.25, 0.3) is 0 Å². The van der Waals surface area contributed by atoms with Crippen molar-refractivity contribution in [2.75, 3.05) is 5.43 Å². The molecule has 0 amide bonds. The van der Waals surface area contributed by atoms with Gasteiger partial charge in [-0.3, -0.25) is 0 Å². The molecule has 2 rings (SSSR count). The Morgan fingerprint density at radius 1 is 1.37 bits per heavy atom. The molecule has 2 unspecified atom stereocenters. The van der Waals surface area contributed by atoms with E-state index in [1.54, 1.807) is 6.07 Å². The van der Waals surface area contributed by atoms with E-state index in [9.17, 15) is 4.39 Å². The lowest BCUT2D eigenvalue weighted by molar-refractivity contribution is 0.135. The summed E-state index contributed by atoms with van der Waals surface area (Å²) in [6, 6.07) is 5.78. The second-order valence-corrected chi connectivity index (χ2v) is 5.65. The number of hydrogen-bond acceptors (Lipinski definition) is 3. The standard InChI is InChI=1S/C14H20FN3S/c1-9-4-3-5-10(2)18(9)17-11-6-7-12(14(16)19)13(15)8-11/h6-10,17H,3-5H2,1-2H3,(H2,16,19). The normalized spacial score (nSPS) is 24.2. The van der Waals surface area contributed by atoms with Crippen molar-refractivity contribution in [2.45, 2.75) is 45.2 Å². The molecule has 1 fully saturated rings. The van der Waals surface area contributed by atoms with Crippen LogP contribution in [0.15, 0.2) is 18.2 Å². The average Bonchev–Trinajstić information content (AvgIpc) is 2.33. The van der Waals surface area contributed by atoms with Crippen molar-refractivity contribution >= 4 is 22.9 Å². The summed E-state index contributed by atoms with van der Waals surface area (Å²) in [4.78, 5) is 0.0868. The molecule has 1 heterocycles. The van der Waals surface area contributed by atoms with Crippen LogP contribution in [0.25, 0.3) is 0 Å². The molecule has 1 aliphatic rings. The monoisotopic (exact) mass is 281 g/mol. The van der Waals surface area contributed by atoms with Crippen LogP contribution in [0.3, 0.4) is 0 Å². The number of rotatable bonds is 3. The predicted octanol–water partition coefficient (Wildman–Crippen LogP) is 3.05. The van der Waals surface area contributed by atoms with Crippen molar-refractivity contribution in [3.05, 3.63) is 29.6 Å². The first-order chi connectivity index (χ1) is 8.99. The van der Waals surface area contributed by atoms with Crippen molar-refractivity contribution in [2.24, 2.45) is 5.73 Å². The molecule has 0 saturated carbocycles. The van der Waals surface area contributed by atoms with Crippen molar-refractivity contribution in [1.82, 2.24) is 5.01 Å². The summed E-state index contributed by atoms with van der Waals surface area (Å²) < 4.78 is 13.8. The fourth-order valence-corrected chi connectivity index (χ4v) is 2.74. The lowest BCUT2D eigenvalue weighted by atomic mass is 10.00. The van der Waals surface area contributed by atoms with Gasteiger partial charge >= 0.3 is 0 Å². The van der Waals surface area contributed by atoms with E-state index in [-0.39, 0.29) is 10.8 Å². The first-order valence-electron chi connectivity index (χ1n) is 6.63. The lowest BCUT2D eigenvalue weighted by Gasteiger charge is -2.39. The van der Waals surface area contributed by atoms with Gasteiger partial charge in [-0.1, -0.05) is 18.6 Å². The Morgan fingerprint density at radius 2 is 2.00 bits per heavy atom. The van der Waals surface area contributed by atoms with Crippen molar-refractivity contribution < 1.29 is 4.39 Å². The third kappa shape index (κ3) is 3.22. The summed E-state index contributed by atoms with van der Waals surface area (Å²) in [6.07, 6.45) is 3.56. The van der Waals surface area contributed by atoms with Crippen LogP contribution < -0.4 is 11.2 Å². The van der Waals surface area contributed by atoms with Gasteiger partial charge in [0.2, 0.25) is 0 Å². The number of benzene rings is 1. The highest BCUT2D eigenvalue weighted by molar-refractivity contribution is 7.80. The van der Waals surface area contributed by atoms with E-state index in [1.165, 1.54) is 12.5 Å². The molecule has 2 atom stereocenters. The third-order valence-corrected chi connectivity index (χ3v) is 3.91. The Bertz CT molecular complexity index is 468. The van der Waals surface area contributed by atoms with Crippen LogP contribution in [-0.4, -0.2) is 22.1 Å². The van der Waals surface area contributed by atoms with E-state index in [2.05, 4.69) is 24.3 Å². The molecule has 0 radical (unpaired) electrons. The first-order valence-corrected chi connectivity index (χ1v) is 7.04. The molecule has 1 aromatic carbocycles. The first kappa shape index (κ1) is 14.2. The SMILES string of the molecule is CC1CCCC(C)N1Nc1ccc(C(N)=S)c(F)c1. The van der Waals surface area contributed by atoms with Crippen LogP contribution in [-0.2, 0) is 0 Å². The Balaban J connectivity index is 2.14. The summed E-state index contributed by atoms with van der Waals surface area (Å²) in [5.41, 5.74) is 9.78. The molecule has 104 valence electrons. The topological polar surface area (TPSA) is 41.3 Å². The quantitative estimate of drug-likeness (QED) is 0.836. The van der Waals surface area contributed by atoms with Crippen LogP contribution in [0.1, 0.15) is 38.7 Å². The summed E-state index contributed by atoms with van der Waals surface area (Å²) in [5.74, 6) is -0.380. The molecular formula is C14H20FN3S. The highest BCUT2D eigenvalue weighted by Gasteiger charge is 2.24. The maximum atomic E-state index is 13.8. The number of piperidine rings is 1. The van der Waals surface area contributed by atoms with Gasteiger partial charge in [-0.15, -0.1) is 0 Å². The van der Waals surface area contributed by atoms with E-state index in [4.69, 9.17) is 18.0 Å². The summed E-state index contributed by atoms with van der Waals surface area (Å²) >= 11 is 4.80. The maximum absolute atomic E-state index is 13.8. The minimum Gasteiger partial charge on any atom is -0.389 e. The Labute approximate surface area is 118 Å². The molecule has 1 aliphatic heterocycles. The zero-order chi connectivity index (χ0) is 14.0. The minimum atomic E-state index is -0.380. The smallest absolute Gasteiger partial charge is 0.135 e. The number of nitrogens with two attached hydrogens (primary N) is 1. The van der Waals surface area contributed by atoms with Crippen LogP contribution in [0, 0.1) is 5.82 Å². The molecular weight excluding hydrogens is 261 g/mol. The van der Waals surface area contributed by atoms with Gasteiger partial charge in [-0.05, 0) is 44.9 Å². The predicted molar refractivity (Wildman–Crippen MR) is 80.5 cm³/mol. The highest BCUT2D eigenvalue weighted by Crippen LogP contribution is 2.24. The third-order valence-electron chi connectivity index (χ3n) is 3.69. The van der Waals surface area contributed by atoms with Crippen LogP contribution in [0.5, 0.6) is 0 Å². The van der Waals surface area contributed by atoms with Gasteiger partial charge in [0.15, 0.2) is 0 Å². The molecule has 0 spiro atoms. The highest BCUT2D eigenvalue weighted by atomic mass is 32.1. The molecule has 3 nitrogen and oxygen atoms in total. The molecule has 1 aromatic rings. The number of hydrogen-bond donors (Lipinski definition) is 2. The van der Waals surface area contributed by atoms with Gasteiger partial charge in [-0.25, -0.2) is 9.40 Å². The van der Waals surface area contributed by atoms with Gasteiger partial charge in [-0.2, -0.15) is 0 Å². The van der Waals surface area contributed by atoms with E-state index in [1.807, 2.05) is 6.07 Å². The van der Waals surface area contributed by atoms with E-state index >= 15 is 0 Å². The van der Waals surface area contributed by atoms with Gasteiger partial charge in [0.1, 0.15) is 10.8 Å². The number of nitrogens with one attached hydrogen (secondary N) is 1. The number of anilines is 1. The van der Waals surface area contributed by atoms with Crippen molar-refractivity contribution in [3.63, 3.8) is 0 Å². The lowest BCUT2D eigenvalue weighted by Crippen LogP contribution is -2.47. The number of hydrazine groups is 1. The van der Waals surface area contributed by atoms with Gasteiger partial charge in [0.05, 0.1) is 5.69 Å². The molecule has 0 bridgehead atoms. The van der Waals surface area contributed by atoms with E-state index in [0.29, 0.717) is 17.6 Å². The Kier molecular flexibility index (Phi) is 4.37. The number of nitrogens with zero attached hydrogens (tertiary/aromatic N) is 1. The molecule has 1 saturated heterocycles. The molecule has 0 aromatic heterocycles. The Morgan fingerprint density at radius 3 is 2.53 bits per heavy atom. The molecule has 3 N–H and O–H groups in total. The molecule has 5 heteroatoms. The van der Waals surface area contributed by atoms with E-state index in [0.717, 1.165) is 18.5 Å². The minimum absolute atomic E-state index is 0.0868. The van der Waals surface area contributed by atoms with Crippen LogP contribution in [0.2, 0.25) is 0 Å².